The van der Waals surface area contributed by atoms with Gasteiger partial charge >= 0.3 is 5.97 Å². The molecule has 1 aliphatic carbocycles. The minimum Gasteiger partial charge on any atom is -0.477 e. The first-order chi connectivity index (χ1) is 8.15. The van der Waals surface area contributed by atoms with Crippen molar-refractivity contribution in [2.24, 2.45) is 0 Å². The zero-order chi connectivity index (χ0) is 12.0. The van der Waals surface area contributed by atoms with Gasteiger partial charge in [-0.25, -0.2) is 4.79 Å². The highest BCUT2D eigenvalue weighted by atomic mass is 32.1. The van der Waals surface area contributed by atoms with Crippen molar-refractivity contribution >= 4 is 17.3 Å². The highest BCUT2D eigenvalue weighted by molar-refractivity contribution is 7.17. The fourth-order valence-electron chi connectivity index (χ4n) is 2.37. The van der Waals surface area contributed by atoms with E-state index in [2.05, 4.69) is 25.1 Å². The molecular weight excluding hydrogens is 244 g/mol. The summed E-state index contributed by atoms with van der Waals surface area (Å²) >= 11 is 1.39. The maximum Gasteiger partial charge on any atom is 0.345 e. The van der Waals surface area contributed by atoms with Gasteiger partial charge in [-0.05, 0) is 42.5 Å². The van der Waals surface area contributed by atoms with Gasteiger partial charge in [0.25, 0.3) is 0 Å². The Bertz CT molecular complexity index is 611. The van der Waals surface area contributed by atoms with E-state index >= 15 is 0 Å². The molecular formula is C15H16O2S. The molecule has 2 aromatic rings. The molecule has 0 spiro atoms. The molecule has 1 aliphatic rings. The molecule has 0 amide bonds. The SMILES string of the molecule is C.Cc1ccc2c(c1)CCc1cc(C(=O)O)sc1-2. The number of carboxylic acid groups (broad SMARTS) is 1. The van der Waals surface area contributed by atoms with E-state index in [0.717, 1.165) is 17.7 Å². The van der Waals surface area contributed by atoms with E-state index in [-0.39, 0.29) is 7.43 Å². The third kappa shape index (κ3) is 1.95. The van der Waals surface area contributed by atoms with Crippen molar-refractivity contribution in [1.82, 2.24) is 0 Å². The van der Waals surface area contributed by atoms with E-state index in [4.69, 9.17) is 5.11 Å². The number of carboxylic acids is 1. The minimum absolute atomic E-state index is 0. The number of fused-ring (bicyclic) bond motifs is 3. The molecule has 0 fully saturated rings. The summed E-state index contributed by atoms with van der Waals surface area (Å²) in [5.41, 5.74) is 5.01. The average molecular weight is 260 g/mol. The summed E-state index contributed by atoms with van der Waals surface area (Å²) < 4.78 is 0. The first kappa shape index (κ1) is 12.8. The Hall–Kier alpha value is -1.61. The van der Waals surface area contributed by atoms with Crippen LogP contribution in [0.25, 0.3) is 10.4 Å². The van der Waals surface area contributed by atoms with Gasteiger partial charge in [0.1, 0.15) is 4.88 Å². The molecule has 0 unspecified atom stereocenters. The molecule has 2 nitrogen and oxygen atoms in total. The Morgan fingerprint density at radius 3 is 2.67 bits per heavy atom. The largest absolute Gasteiger partial charge is 0.477 e. The van der Waals surface area contributed by atoms with Crippen molar-refractivity contribution < 1.29 is 9.90 Å². The van der Waals surface area contributed by atoms with Crippen molar-refractivity contribution in [3.63, 3.8) is 0 Å². The molecule has 1 heterocycles. The van der Waals surface area contributed by atoms with E-state index < -0.39 is 5.97 Å². The molecule has 3 heteroatoms. The number of aryl methyl sites for hydroxylation is 3. The molecule has 94 valence electrons. The third-order valence-corrected chi connectivity index (χ3v) is 4.39. The Labute approximate surface area is 111 Å². The van der Waals surface area contributed by atoms with Gasteiger partial charge in [-0.3, -0.25) is 0 Å². The van der Waals surface area contributed by atoms with Crippen molar-refractivity contribution in [2.45, 2.75) is 27.2 Å². The van der Waals surface area contributed by atoms with Crippen LogP contribution in [0.5, 0.6) is 0 Å². The Kier molecular flexibility index (Phi) is 3.26. The first-order valence-electron chi connectivity index (χ1n) is 5.61. The lowest BCUT2D eigenvalue weighted by Gasteiger charge is -2.16. The van der Waals surface area contributed by atoms with Crippen LogP contribution in [0.4, 0.5) is 0 Å². The molecule has 3 rings (SSSR count). The molecule has 0 saturated carbocycles. The van der Waals surface area contributed by atoms with Crippen LogP contribution in [0.15, 0.2) is 24.3 Å². The van der Waals surface area contributed by atoms with E-state index in [9.17, 15) is 4.79 Å². The normalized spacial score (nSPS) is 12.3. The van der Waals surface area contributed by atoms with Crippen LogP contribution in [0.1, 0.15) is 33.8 Å². The van der Waals surface area contributed by atoms with Crippen molar-refractivity contribution in [3.8, 4) is 10.4 Å². The monoisotopic (exact) mass is 260 g/mol. The van der Waals surface area contributed by atoms with Gasteiger partial charge < -0.3 is 5.11 Å². The van der Waals surface area contributed by atoms with Gasteiger partial charge in [0, 0.05) is 4.88 Å². The van der Waals surface area contributed by atoms with Gasteiger partial charge in [-0.2, -0.15) is 0 Å². The first-order valence-corrected chi connectivity index (χ1v) is 6.42. The van der Waals surface area contributed by atoms with E-state index in [0.29, 0.717) is 4.88 Å². The number of thiophene rings is 1. The molecule has 18 heavy (non-hydrogen) atoms. The second kappa shape index (κ2) is 4.58. The van der Waals surface area contributed by atoms with Crippen LogP contribution in [0, 0.1) is 6.92 Å². The lowest BCUT2D eigenvalue weighted by atomic mass is 9.90. The van der Waals surface area contributed by atoms with E-state index in [1.165, 1.54) is 33.6 Å². The Balaban J connectivity index is 0.00000120. The van der Waals surface area contributed by atoms with Gasteiger partial charge in [0.15, 0.2) is 0 Å². The molecule has 1 aromatic heterocycles. The second-order valence-corrected chi connectivity index (χ2v) is 5.48. The molecule has 0 radical (unpaired) electrons. The zero-order valence-corrected chi connectivity index (χ0v) is 10.3. The molecule has 0 aliphatic heterocycles. The number of aromatic carboxylic acids is 1. The number of benzene rings is 1. The standard InChI is InChI=1S/C14H12O2S.CH4/c1-8-2-5-11-9(6-8)3-4-10-7-12(14(15)16)17-13(10)11;/h2,5-7H,3-4H2,1H3,(H,15,16);1H4. The fourth-order valence-corrected chi connectivity index (χ4v) is 3.48. The average Bonchev–Trinajstić information content (AvgIpc) is 2.72. The predicted molar refractivity (Wildman–Crippen MR) is 75.6 cm³/mol. The molecule has 0 bridgehead atoms. The third-order valence-electron chi connectivity index (χ3n) is 3.19. The highest BCUT2D eigenvalue weighted by Gasteiger charge is 2.21. The van der Waals surface area contributed by atoms with Crippen LogP contribution < -0.4 is 0 Å². The number of hydrogen-bond donors (Lipinski definition) is 1. The lowest BCUT2D eigenvalue weighted by molar-refractivity contribution is 0.0702. The van der Waals surface area contributed by atoms with E-state index in [1.807, 2.05) is 6.07 Å². The van der Waals surface area contributed by atoms with Crippen LogP contribution in [0.3, 0.4) is 0 Å². The maximum atomic E-state index is 11.0. The predicted octanol–water partition coefficient (Wildman–Crippen LogP) is 4.16. The smallest absolute Gasteiger partial charge is 0.345 e. The van der Waals surface area contributed by atoms with Crippen LogP contribution in [-0.4, -0.2) is 11.1 Å². The highest BCUT2D eigenvalue weighted by Crippen LogP contribution is 2.39. The Morgan fingerprint density at radius 1 is 1.22 bits per heavy atom. The van der Waals surface area contributed by atoms with Gasteiger partial charge in [0.2, 0.25) is 0 Å². The summed E-state index contributed by atoms with van der Waals surface area (Å²) in [5, 5.41) is 9.04. The summed E-state index contributed by atoms with van der Waals surface area (Å²) in [7, 11) is 0. The van der Waals surface area contributed by atoms with Gasteiger partial charge in [-0.15, -0.1) is 11.3 Å². The van der Waals surface area contributed by atoms with Gasteiger partial charge in [-0.1, -0.05) is 31.2 Å². The zero-order valence-electron chi connectivity index (χ0n) is 9.49. The van der Waals surface area contributed by atoms with Crippen LogP contribution in [-0.2, 0) is 12.8 Å². The molecule has 1 aromatic carbocycles. The molecule has 0 atom stereocenters. The fraction of sp³-hybridized carbons (Fsp3) is 0.267. The minimum atomic E-state index is -0.821. The van der Waals surface area contributed by atoms with Crippen molar-refractivity contribution in [3.05, 3.63) is 45.8 Å². The molecule has 1 N–H and O–H groups in total. The maximum absolute atomic E-state index is 11.0. The summed E-state index contributed by atoms with van der Waals surface area (Å²) in [6.07, 6.45) is 1.97. The van der Waals surface area contributed by atoms with Crippen molar-refractivity contribution in [2.75, 3.05) is 0 Å². The quantitative estimate of drug-likeness (QED) is 0.836. The Morgan fingerprint density at radius 2 is 1.94 bits per heavy atom. The topological polar surface area (TPSA) is 37.3 Å². The summed E-state index contributed by atoms with van der Waals surface area (Å²) in [6.45, 7) is 2.09. The lowest BCUT2D eigenvalue weighted by Crippen LogP contribution is -2.01. The number of carbonyl (C=O) groups is 1. The van der Waals surface area contributed by atoms with Gasteiger partial charge in [0.05, 0.1) is 0 Å². The molecule has 0 saturated heterocycles. The summed E-state index contributed by atoms with van der Waals surface area (Å²) in [4.78, 5) is 12.6. The van der Waals surface area contributed by atoms with Crippen molar-refractivity contribution in [1.29, 1.82) is 0 Å². The number of hydrogen-bond acceptors (Lipinski definition) is 2. The second-order valence-electron chi connectivity index (χ2n) is 4.43. The summed E-state index contributed by atoms with van der Waals surface area (Å²) in [5.74, 6) is -0.821. The van der Waals surface area contributed by atoms with E-state index in [1.54, 1.807) is 0 Å². The number of rotatable bonds is 1. The summed E-state index contributed by atoms with van der Waals surface area (Å²) in [6, 6.07) is 8.24. The van der Waals surface area contributed by atoms with Crippen LogP contribution >= 0.6 is 11.3 Å². The van der Waals surface area contributed by atoms with Crippen LogP contribution in [0.2, 0.25) is 0 Å².